The Balaban J connectivity index is 2.90. The largest absolute Gasteiger partial charge is 0.383 e. The number of hydrogen-bond acceptors (Lipinski definition) is 4. The zero-order chi connectivity index (χ0) is 7.84. The van der Waals surface area contributed by atoms with Crippen molar-refractivity contribution in [3.05, 3.63) is 12.5 Å². The molecule has 0 radical (unpaired) electrons. The normalized spacial score (nSPS) is 10.6. The van der Waals surface area contributed by atoms with E-state index in [1.54, 1.807) is 10.9 Å². The minimum absolute atomic E-state index is 0.475. The van der Waals surface area contributed by atoms with Crippen molar-refractivity contribution in [2.75, 3.05) is 5.73 Å². The van der Waals surface area contributed by atoms with E-state index < -0.39 is 0 Å². The van der Waals surface area contributed by atoms with E-state index in [9.17, 15) is 0 Å². The van der Waals surface area contributed by atoms with Crippen LogP contribution in [0.1, 0.15) is 0 Å². The van der Waals surface area contributed by atoms with Gasteiger partial charge >= 0.3 is 0 Å². The number of aryl methyl sites for hydroxylation is 1. The fraction of sp³-hybridized carbons (Fsp3) is 0.167. The standard InChI is InChI=1S/C6H7N5/c1-11-2-4-5(7)8-3-9-6(4)10-11/h2-3H,1H3,(H2,7,8,9,10). The van der Waals surface area contributed by atoms with Gasteiger partial charge < -0.3 is 5.73 Å². The Kier molecular flexibility index (Phi) is 1.06. The number of nitrogens with zero attached hydrogens (tertiary/aromatic N) is 4. The van der Waals surface area contributed by atoms with Crippen molar-refractivity contribution in [3.63, 3.8) is 0 Å². The predicted molar refractivity (Wildman–Crippen MR) is 40.7 cm³/mol. The molecule has 0 aliphatic carbocycles. The fourth-order valence-corrected chi connectivity index (χ4v) is 0.968. The van der Waals surface area contributed by atoms with Crippen molar-refractivity contribution in [3.8, 4) is 0 Å². The van der Waals surface area contributed by atoms with E-state index in [1.807, 2.05) is 7.05 Å². The first kappa shape index (κ1) is 6.09. The Bertz CT molecular complexity index is 391. The Morgan fingerprint density at radius 2 is 2.27 bits per heavy atom. The number of nitrogen functional groups attached to an aromatic ring is 1. The van der Waals surface area contributed by atoms with E-state index in [0.29, 0.717) is 11.5 Å². The van der Waals surface area contributed by atoms with Crippen LogP contribution < -0.4 is 5.73 Å². The highest BCUT2D eigenvalue weighted by Gasteiger charge is 2.02. The Morgan fingerprint density at radius 3 is 3.00 bits per heavy atom. The molecule has 0 amide bonds. The van der Waals surface area contributed by atoms with Crippen molar-refractivity contribution in [2.24, 2.45) is 7.05 Å². The van der Waals surface area contributed by atoms with Crippen LogP contribution in [0.25, 0.3) is 11.0 Å². The van der Waals surface area contributed by atoms with Crippen molar-refractivity contribution in [1.82, 2.24) is 19.7 Å². The number of hydrogen-bond donors (Lipinski definition) is 1. The summed E-state index contributed by atoms with van der Waals surface area (Å²) in [5.74, 6) is 0.475. The summed E-state index contributed by atoms with van der Waals surface area (Å²) in [4.78, 5) is 7.77. The first-order valence-electron chi connectivity index (χ1n) is 3.17. The average molecular weight is 149 g/mol. The van der Waals surface area contributed by atoms with Crippen LogP contribution in [0.5, 0.6) is 0 Å². The predicted octanol–water partition coefficient (Wildman–Crippen LogP) is -0.0545. The van der Waals surface area contributed by atoms with Crippen LogP contribution in [0, 0.1) is 0 Å². The van der Waals surface area contributed by atoms with Crippen LogP contribution in [0.15, 0.2) is 12.5 Å². The molecule has 56 valence electrons. The molecule has 0 fully saturated rings. The molecule has 2 rings (SSSR count). The molecule has 0 aliphatic rings. The summed E-state index contributed by atoms with van der Waals surface area (Å²) in [6.07, 6.45) is 3.20. The maximum absolute atomic E-state index is 5.57. The van der Waals surface area contributed by atoms with Gasteiger partial charge in [0.2, 0.25) is 0 Å². The van der Waals surface area contributed by atoms with Gasteiger partial charge in [-0.3, -0.25) is 4.68 Å². The molecular formula is C6H7N5. The summed E-state index contributed by atoms with van der Waals surface area (Å²) in [6, 6.07) is 0. The van der Waals surface area contributed by atoms with Crippen LogP contribution in [0.2, 0.25) is 0 Å². The lowest BCUT2D eigenvalue weighted by molar-refractivity contribution is 0.775. The summed E-state index contributed by atoms with van der Waals surface area (Å²) in [5, 5.41) is 4.86. The van der Waals surface area contributed by atoms with Gasteiger partial charge in [0.25, 0.3) is 0 Å². The lowest BCUT2D eigenvalue weighted by Gasteiger charge is -1.88. The lowest BCUT2D eigenvalue weighted by atomic mass is 10.4. The SMILES string of the molecule is Cn1cc2c(N)ncnc2n1. The number of anilines is 1. The minimum Gasteiger partial charge on any atom is -0.383 e. The van der Waals surface area contributed by atoms with Gasteiger partial charge in [-0.05, 0) is 0 Å². The molecule has 0 saturated carbocycles. The third kappa shape index (κ3) is 0.813. The van der Waals surface area contributed by atoms with Crippen molar-refractivity contribution < 1.29 is 0 Å². The Labute approximate surface area is 62.9 Å². The van der Waals surface area contributed by atoms with Gasteiger partial charge in [-0.1, -0.05) is 0 Å². The summed E-state index contributed by atoms with van der Waals surface area (Å²) < 4.78 is 1.66. The minimum atomic E-state index is 0.475. The molecule has 2 aromatic heterocycles. The lowest BCUT2D eigenvalue weighted by Crippen LogP contribution is -1.90. The molecule has 0 unspecified atom stereocenters. The smallest absolute Gasteiger partial charge is 0.186 e. The summed E-state index contributed by atoms with van der Waals surface area (Å²) in [6.45, 7) is 0. The topological polar surface area (TPSA) is 69.6 Å². The highest BCUT2D eigenvalue weighted by molar-refractivity contribution is 5.84. The molecule has 11 heavy (non-hydrogen) atoms. The van der Waals surface area contributed by atoms with Gasteiger partial charge in [0.05, 0.1) is 5.39 Å². The third-order valence-electron chi connectivity index (χ3n) is 1.46. The highest BCUT2D eigenvalue weighted by atomic mass is 15.3. The molecular weight excluding hydrogens is 142 g/mol. The zero-order valence-corrected chi connectivity index (χ0v) is 6.02. The van der Waals surface area contributed by atoms with Gasteiger partial charge in [-0.2, -0.15) is 5.10 Å². The molecule has 2 N–H and O–H groups in total. The monoisotopic (exact) mass is 149 g/mol. The zero-order valence-electron chi connectivity index (χ0n) is 6.02. The molecule has 0 aromatic carbocycles. The van der Waals surface area contributed by atoms with Crippen molar-refractivity contribution >= 4 is 16.9 Å². The molecule has 5 nitrogen and oxygen atoms in total. The number of aromatic nitrogens is 4. The molecule has 0 aliphatic heterocycles. The molecule has 2 heterocycles. The van der Waals surface area contributed by atoms with E-state index in [4.69, 9.17) is 5.73 Å². The molecule has 0 atom stereocenters. The van der Waals surface area contributed by atoms with Gasteiger partial charge in [0, 0.05) is 13.2 Å². The second-order valence-electron chi connectivity index (χ2n) is 2.30. The highest BCUT2D eigenvalue weighted by Crippen LogP contribution is 2.12. The molecule has 0 spiro atoms. The molecule has 2 aromatic rings. The van der Waals surface area contributed by atoms with E-state index >= 15 is 0 Å². The van der Waals surface area contributed by atoms with Gasteiger partial charge in [-0.25, -0.2) is 9.97 Å². The van der Waals surface area contributed by atoms with Crippen LogP contribution in [0.3, 0.4) is 0 Å². The van der Waals surface area contributed by atoms with Gasteiger partial charge in [0.1, 0.15) is 12.1 Å². The van der Waals surface area contributed by atoms with E-state index in [1.165, 1.54) is 6.33 Å². The summed E-state index contributed by atoms with van der Waals surface area (Å²) in [5.41, 5.74) is 6.20. The first-order chi connectivity index (χ1) is 5.27. The third-order valence-corrected chi connectivity index (χ3v) is 1.46. The quantitative estimate of drug-likeness (QED) is 0.570. The molecule has 0 bridgehead atoms. The fourth-order valence-electron chi connectivity index (χ4n) is 0.968. The van der Waals surface area contributed by atoms with E-state index in [0.717, 1.165) is 5.39 Å². The van der Waals surface area contributed by atoms with Crippen LogP contribution in [0.4, 0.5) is 5.82 Å². The molecule has 5 heteroatoms. The second-order valence-corrected chi connectivity index (χ2v) is 2.30. The number of nitrogens with two attached hydrogens (primary N) is 1. The van der Waals surface area contributed by atoms with Crippen molar-refractivity contribution in [2.45, 2.75) is 0 Å². The maximum Gasteiger partial charge on any atom is 0.186 e. The number of fused-ring (bicyclic) bond motifs is 1. The Morgan fingerprint density at radius 1 is 1.45 bits per heavy atom. The van der Waals surface area contributed by atoms with Gasteiger partial charge in [0.15, 0.2) is 5.65 Å². The van der Waals surface area contributed by atoms with Gasteiger partial charge in [-0.15, -0.1) is 0 Å². The summed E-state index contributed by atoms with van der Waals surface area (Å²) in [7, 11) is 1.82. The first-order valence-corrected chi connectivity index (χ1v) is 3.17. The second kappa shape index (κ2) is 1.91. The average Bonchev–Trinajstić information content (AvgIpc) is 2.31. The molecule has 0 saturated heterocycles. The Hall–Kier alpha value is -1.65. The number of rotatable bonds is 0. The maximum atomic E-state index is 5.57. The van der Waals surface area contributed by atoms with Crippen LogP contribution >= 0.6 is 0 Å². The van der Waals surface area contributed by atoms with E-state index in [2.05, 4.69) is 15.1 Å². The van der Waals surface area contributed by atoms with Crippen LogP contribution in [-0.4, -0.2) is 19.7 Å². The summed E-state index contributed by atoms with van der Waals surface area (Å²) >= 11 is 0. The van der Waals surface area contributed by atoms with Crippen LogP contribution in [-0.2, 0) is 7.05 Å². The van der Waals surface area contributed by atoms with E-state index in [-0.39, 0.29) is 0 Å². The van der Waals surface area contributed by atoms with Crippen molar-refractivity contribution in [1.29, 1.82) is 0 Å².